The molecule has 0 aromatic heterocycles. The molecule has 0 aliphatic rings. The van der Waals surface area contributed by atoms with E-state index >= 15 is 0 Å². The van der Waals surface area contributed by atoms with Crippen LogP contribution in [0.1, 0.15) is 23.7 Å². The van der Waals surface area contributed by atoms with Gasteiger partial charge in [-0.25, -0.2) is 9.18 Å². The van der Waals surface area contributed by atoms with Crippen molar-refractivity contribution >= 4 is 33.5 Å². The molecule has 0 saturated heterocycles. The van der Waals surface area contributed by atoms with Crippen molar-refractivity contribution in [1.82, 2.24) is 0 Å². The molecule has 4 nitrogen and oxygen atoms in total. The average Bonchev–Trinajstić information content (AvgIpc) is 2.30. The lowest BCUT2D eigenvalue weighted by molar-refractivity contribution is -0.115. The Hall–Kier alpha value is -1.43. The number of alkyl halides is 1. The zero-order valence-corrected chi connectivity index (χ0v) is 10.6. The van der Waals surface area contributed by atoms with Crippen molar-refractivity contribution in [2.45, 2.75) is 18.2 Å². The number of carbonyl (C=O) groups excluding carboxylic acids is 1. The number of amides is 1. The van der Waals surface area contributed by atoms with Crippen LogP contribution in [0.3, 0.4) is 0 Å². The van der Waals surface area contributed by atoms with E-state index in [0.717, 1.165) is 18.2 Å². The van der Waals surface area contributed by atoms with Crippen molar-refractivity contribution in [2.24, 2.45) is 0 Å². The van der Waals surface area contributed by atoms with E-state index < -0.39 is 22.5 Å². The van der Waals surface area contributed by atoms with Gasteiger partial charge in [0.2, 0.25) is 5.91 Å². The van der Waals surface area contributed by atoms with Crippen LogP contribution in [0.15, 0.2) is 18.2 Å². The van der Waals surface area contributed by atoms with Gasteiger partial charge in [0.15, 0.2) is 0 Å². The summed E-state index contributed by atoms with van der Waals surface area (Å²) >= 11 is 3.12. The lowest BCUT2D eigenvalue weighted by atomic mass is 10.2. The normalized spacial score (nSPS) is 11.9. The first kappa shape index (κ1) is 13.6. The highest BCUT2D eigenvalue weighted by atomic mass is 79.9. The van der Waals surface area contributed by atoms with Crippen LogP contribution in [0.2, 0.25) is 0 Å². The van der Waals surface area contributed by atoms with Crippen molar-refractivity contribution in [3.8, 4) is 0 Å². The van der Waals surface area contributed by atoms with Crippen LogP contribution in [0, 0.1) is 5.82 Å². The fourth-order valence-corrected chi connectivity index (χ4v) is 1.26. The molecule has 0 fully saturated rings. The van der Waals surface area contributed by atoms with Crippen molar-refractivity contribution in [3.05, 3.63) is 29.6 Å². The van der Waals surface area contributed by atoms with Gasteiger partial charge >= 0.3 is 5.97 Å². The molecule has 1 atom stereocenters. The molecular weight excluding hydrogens is 293 g/mol. The number of aromatic carboxylic acids is 1. The molecule has 6 heteroatoms. The molecule has 1 aromatic carbocycles. The lowest BCUT2D eigenvalue weighted by Gasteiger charge is -2.10. The van der Waals surface area contributed by atoms with Gasteiger partial charge in [-0.15, -0.1) is 0 Å². The number of carboxylic acid groups (broad SMARTS) is 1. The van der Waals surface area contributed by atoms with E-state index in [4.69, 9.17) is 5.11 Å². The third-order valence-electron chi connectivity index (χ3n) is 2.11. The van der Waals surface area contributed by atoms with E-state index in [9.17, 15) is 14.0 Å². The smallest absolute Gasteiger partial charge is 0.335 e. The largest absolute Gasteiger partial charge is 0.478 e. The summed E-state index contributed by atoms with van der Waals surface area (Å²) in [5, 5.41) is 11.1. The van der Waals surface area contributed by atoms with Crippen LogP contribution in [0.25, 0.3) is 0 Å². The van der Waals surface area contributed by atoms with Gasteiger partial charge in [-0.1, -0.05) is 22.9 Å². The third-order valence-corrected chi connectivity index (χ3v) is 3.18. The molecule has 0 radical (unpaired) electrons. The van der Waals surface area contributed by atoms with Gasteiger partial charge in [0.1, 0.15) is 5.82 Å². The minimum Gasteiger partial charge on any atom is -0.478 e. The number of hydrogen-bond acceptors (Lipinski definition) is 2. The highest BCUT2D eigenvalue weighted by Gasteiger charge is 2.15. The second-order valence-electron chi connectivity index (χ2n) is 3.36. The molecule has 1 amide bonds. The summed E-state index contributed by atoms with van der Waals surface area (Å²) in [4.78, 5) is 21.8. The Labute approximate surface area is 106 Å². The minimum absolute atomic E-state index is 0.0793. The van der Waals surface area contributed by atoms with E-state index in [1.165, 1.54) is 0 Å². The monoisotopic (exact) mass is 303 g/mol. The summed E-state index contributed by atoms with van der Waals surface area (Å²) in [5.74, 6) is -2.25. The third kappa shape index (κ3) is 3.52. The van der Waals surface area contributed by atoms with Gasteiger partial charge < -0.3 is 10.4 Å². The van der Waals surface area contributed by atoms with E-state index in [2.05, 4.69) is 21.2 Å². The number of hydrogen-bond donors (Lipinski definition) is 2. The van der Waals surface area contributed by atoms with E-state index in [1.54, 1.807) is 6.92 Å². The molecule has 0 spiro atoms. The van der Waals surface area contributed by atoms with Crippen molar-refractivity contribution in [1.29, 1.82) is 0 Å². The molecule has 0 saturated carbocycles. The van der Waals surface area contributed by atoms with Crippen LogP contribution in [-0.2, 0) is 4.79 Å². The standard InChI is InChI=1S/C11H11BrFNO3/c1-2-7(12)10(15)14-9-5-6(11(16)17)3-4-8(9)13/h3-5,7H,2H2,1H3,(H,14,15)(H,16,17). The summed E-state index contributed by atoms with van der Waals surface area (Å²) in [5.41, 5.74) is -0.211. The lowest BCUT2D eigenvalue weighted by Crippen LogP contribution is -2.22. The molecule has 1 aromatic rings. The molecule has 17 heavy (non-hydrogen) atoms. The number of nitrogens with one attached hydrogen (secondary N) is 1. The predicted octanol–water partition coefficient (Wildman–Crippen LogP) is 2.64. The maximum absolute atomic E-state index is 13.3. The molecule has 2 N–H and O–H groups in total. The number of carboxylic acids is 1. The summed E-state index contributed by atoms with van der Waals surface area (Å²) < 4.78 is 13.3. The fraction of sp³-hybridized carbons (Fsp3) is 0.273. The fourth-order valence-electron chi connectivity index (χ4n) is 1.15. The van der Waals surface area contributed by atoms with E-state index in [-0.39, 0.29) is 11.3 Å². The molecular formula is C11H11BrFNO3. The Balaban J connectivity index is 2.94. The minimum atomic E-state index is -1.17. The van der Waals surface area contributed by atoms with Crippen LogP contribution in [-0.4, -0.2) is 21.8 Å². The molecule has 0 heterocycles. The summed E-state index contributed by atoms with van der Waals surface area (Å²) in [6.07, 6.45) is 0.548. The SMILES string of the molecule is CCC(Br)C(=O)Nc1cc(C(=O)O)ccc1F. The van der Waals surface area contributed by atoms with Gasteiger partial charge in [-0.3, -0.25) is 4.79 Å². The maximum atomic E-state index is 13.3. The topological polar surface area (TPSA) is 66.4 Å². The molecule has 1 unspecified atom stereocenters. The maximum Gasteiger partial charge on any atom is 0.335 e. The Morgan fingerprint density at radius 1 is 1.53 bits per heavy atom. The summed E-state index contributed by atoms with van der Waals surface area (Å²) in [6.45, 7) is 1.79. The molecule has 0 bridgehead atoms. The first-order valence-corrected chi connectivity index (χ1v) is 5.85. The van der Waals surface area contributed by atoms with Crippen molar-refractivity contribution < 1.29 is 19.1 Å². The molecule has 0 aliphatic heterocycles. The van der Waals surface area contributed by atoms with E-state index in [1.807, 2.05) is 0 Å². The number of carbonyl (C=O) groups is 2. The number of anilines is 1. The summed E-state index contributed by atoms with van der Waals surface area (Å²) in [6, 6.07) is 3.23. The van der Waals surface area contributed by atoms with Gasteiger partial charge in [0, 0.05) is 0 Å². The zero-order valence-electron chi connectivity index (χ0n) is 9.04. The number of halogens is 2. The number of benzene rings is 1. The van der Waals surface area contributed by atoms with Crippen LogP contribution in [0.5, 0.6) is 0 Å². The zero-order chi connectivity index (χ0) is 13.0. The highest BCUT2D eigenvalue weighted by molar-refractivity contribution is 9.10. The first-order chi connectivity index (χ1) is 7.95. The van der Waals surface area contributed by atoms with Crippen LogP contribution in [0.4, 0.5) is 10.1 Å². The van der Waals surface area contributed by atoms with E-state index in [0.29, 0.717) is 6.42 Å². The average molecular weight is 304 g/mol. The number of rotatable bonds is 4. The highest BCUT2D eigenvalue weighted by Crippen LogP contribution is 2.18. The van der Waals surface area contributed by atoms with Crippen molar-refractivity contribution in [3.63, 3.8) is 0 Å². The van der Waals surface area contributed by atoms with Crippen LogP contribution >= 0.6 is 15.9 Å². The Kier molecular flexibility index (Phi) is 4.62. The van der Waals surface area contributed by atoms with Gasteiger partial charge in [0.25, 0.3) is 0 Å². The summed E-state index contributed by atoms with van der Waals surface area (Å²) in [7, 11) is 0. The van der Waals surface area contributed by atoms with Crippen molar-refractivity contribution in [2.75, 3.05) is 5.32 Å². The molecule has 0 aliphatic carbocycles. The Morgan fingerprint density at radius 2 is 2.18 bits per heavy atom. The first-order valence-electron chi connectivity index (χ1n) is 4.93. The van der Waals surface area contributed by atoms with Gasteiger partial charge in [-0.05, 0) is 24.6 Å². The molecule has 1 rings (SSSR count). The molecule has 92 valence electrons. The Morgan fingerprint density at radius 3 is 2.71 bits per heavy atom. The Bertz CT molecular complexity index is 450. The van der Waals surface area contributed by atoms with Gasteiger partial charge in [0.05, 0.1) is 16.1 Å². The predicted molar refractivity (Wildman–Crippen MR) is 65.0 cm³/mol. The quantitative estimate of drug-likeness (QED) is 0.840. The second-order valence-corrected chi connectivity index (χ2v) is 4.47. The van der Waals surface area contributed by atoms with Gasteiger partial charge in [-0.2, -0.15) is 0 Å². The van der Waals surface area contributed by atoms with Crippen LogP contribution < -0.4 is 5.32 Å². The second kappa shape index (κ2) is 5.77.